The molecular weight excluding hydrogens is 458 g/mol. The molecule has 176 valence electrons. The van der Waals surface area contributed by atoms with Crippen LogP contribution in [0.5, 0.6) is 5.06 Å². The number of H-pyrrole nitrogens is 1. The van der Waals surface area contributed by atoms with Crippen LogP contribution in [-0.4, -0.2) is 69.9 Å². The van der Waals surface area contributed by atoms with Gasteiger partial charge in [0.1, 0.15) is 6.61 Å². The Morgan fingerprint density at radius 2 is 2.06 bits per heavy atom. The molecule has 0 atom stereocenters. The van der Waals surface area contributed by atoms with E-state index in [1.165, 1.54) is 11.3 Å². The van der Waals surface area contributed by atoms with Crippen molar-refractivity contribution in [3.05, 3.63) is 30.5 Å². The third kappa shape index (κ3) is 4.63. The van der Waals surface area contributed by atoms with Gasteiger partial charge in [0, 0.05) is 42.9 Å². The van der Waals surface area contributed by atoms with E-state index in [2.05, 4.69) is 15.1 Å². The van der Waals surface area contributed by atoms with Crippen molar-refractivity contribution >= 4 is 50.0 Å². The van der Waals surface area contributed by atoms with E-state index >= 15 is 0 Å². The number of thiophene rings is 1. The van der Waals surface area contributed by atoms with Crippen molar-refractivity contribution in [2.24, 2.45) is 0 Å². The zero-order valence-corrected chi connectivity index (χ0v) is 19.1. The summed E-state index contributed by atoms with van der Waals surface area (Å²) in [5.41, 5.74) is 2.45. The fraction of sp³-hybridized carbons (Fsp3) is 0.348. The van der Waals surface area contributed by atoms with Gasteiger partial charge in [0.05, 0.1) is 35.1 Å². The summed E-state index contributed by atoms with van der Waals surface area (Å²) in [6.45, 7) is 2.11. The van der Waals surface area contributed by atoms with Gasteiger partial charge in [0.2, 0.25) is 0 Å². The third-order valence-corrected chi connectivity index (χ3v) is 6.59. The second-order valence-corrected chi connectivity index (χ2v) is 8.93. The second-order valence-electron chi connectivity index (χ2n) is 7.91. The van der Waals surface area contributed by atoms with Crippen molar-refractivity contribution < 1.29 is 24.2 Å². The van der Waals surface area contributed by atoms with E-state index in [4.69, 9.17) is 24.5 Å². The van der Waals surface area contributed by atoms with E-state index < -0.39 is 12.6 Å². The Kier molecular flexibility index (Phi) is 6.48. The van der Waals surface area contributed by atoms with E-state index in [0.29, 0.717) is 49.1 Å². The number of rotatable bonds is 8. The number of esters is 1. The minimum absolute atomic E-state index is 0.0930. The molecule has 5 rings (SSSR count). The quantitative estimate of drug-likeness (QED) is 0.365. The van der Waals surface area contributed by atoms with E-state index in [0.717, 1.165) is 27.0 Å². The first kappa shape index (κ1) is 22.4. The monoisotopic (exact) mass is 481 g/mol. The number of ether oxygens (including phenoxy) is 2. The number of carbonyl (C=O) groups is 2. The number of aromatic nitrogens is 4. The van der Waals surface area contributed by atoms with Gasteiger partial charge in [-0.15, -0.1) is 0 Å². The minimum Gasteiger partial charge on any atom is -0.415 e. The molecule has 0 amide bonds. The average molecular weight is 482 g/mol. The van der Waals surface area contributed by atoms with Crippen molar-refractivity contribution in [2.45, 2.75) is 19.3 Å². The second kappa shape index (κ2) is 9.84. The van der Waals surface area contributed by atoms with Crippen LogP contribution >= 0.6 is 11.3 Å². The zero-order valence-electron chi connectivity index (χ0n) is 18.3. The van der Waals surface area contributed by atoms with Crippen molar-refractivity contribution in [1.29, 1.82) is 0 Å². The highest BCUT2D eigenvalue weighted by atomic mass is 32.1. The topological polar surface area (TPSA) is 131 Å². The SMILES string of the molecule is O=C(CO)CCCC(=O)Oc1cc2nc(-c3cccc4[nH]ncc34)nc(N3CCOCC3)c2s1. The van der Waals surface area contributed by atoms with Gasteiger partial charge >= 0.3 is 5.97 Å². The molecule has 1 aliphatic heterocycles. The molecule has 0 saturated carbocycles. The predicted molar refractivity (Wildman–Crippen MR) is 127 cm³/mol. The number of carbonyl (C=O) groups excluding carboxylic acids is 2. The van der Waals surface area contributed by atoms with Crippen molar-refractivity contribution in [2.75, 3.05) is 37.8 Å². The normalized spacial score (nSPS) is 14.1. The number of hydrogen-bond acceptors (Lipinski definition) is 10. The number of hydrogen-bond donors (Lipinski definition) is 2. The molecule has 11 heteroatoms. The molecule has 0 spiro atoms. The van der Waals surface area contributed by atoms with Crippen LogP contribution in [0.15, 0.2) is 30.5 Å². The van der Waals surface area contributed by atoms with Gasteiger partial charge in [0.15, 0.2) is 22.5 Å². The number of morpholine rings is 1. The first-order valence-corrected chi connectivity index (χ1v) is 11.8. The number of aliphatic hydroxyl groups is 1. The molecule has 4 heterocycles. The number of nitrogens with one attached hydrogen (secondary N) is 1. The molecular formula is C23H23N5O5S. The molecule has 1 saturated heterocycles. The fourth-order valence-corrected chi connectivity index (χ4v) is 4.87. The van der Waals surface area contributed by atoms with Gasteiger partial charge in [-0.25, -0.2) is 9.97 Å². The lowest BCUT2D eigenvalue weighted by atomic mass is 10.1. The highest BCUT2D eigenvalue weighted by molar-refractivity contribution is 7.21. The number of benzene rings is 1. The maximum absolute atomic E-state index is 12.3. The largest absolute Gasteiger partial charge is 0.415 e. The summed E-state index contributed by atoms with van der Waals surface area (Å²) in [6, 6.07) is 7.59. The Hall–Kier alpha value is -3.41. The Balaban J connectivity index is 1.48. The smallest absolute Gasteiger partial charge is 0.311 e. The summed E-state index contributed by atoms with van der Waals surface area (Å²) in [5.74, 6) is 0.630. The van der Waals surface area contributed by atoms with Crippen LogP contribution in [0, 0.1) is 0 Å². The van der Waals surface area contributed by atoms with Crippen LogP contribution in [0.2, 0.25) is 0 Å². The molecule has 2 N–H and O–H groups in total. The molecule has 0 unspecified atom stereocenters. The van der Waals surface area contributed by atoms with Crippen LogP contribution in [0.1, 0.15) is 19.3 Å². The molecule has 10 nitrogen and oxygen atoms in total. The van der Waals surface area contributed by atoms with Gasteiger partial charge in [-0.05, 0) is 12.5 Å². The Labute approximate surface area is 198 Å². The van der Waals surface area contributed by atoms with E-state index in [-0.39, 0.29) is 18.6 Å². The van der Waals surface area contributed by atoms with Crippen molar-refractivity contribution in [3.8, 4) is 16.5 Å². The Bertz CT molecular complexity index is 1340. The summed E-state index contributed by atoms with van der Waals surface area (Å²) < 4.78 is 11.9. The number of nitrogens with zero attached hydrogens (tertiary/aromatic N) is 4. The van der Waals surface area contributed by atoms with Gasteiger partial charge in [-0.3, -0.25) is 14.7 Å². The number of ketones is 1. The lowest BCUT2D eigenvalue weighted by Crippen LogP contribution is -2.36. The van der Waals surface area contributed by atoms with Gasteiger partial charge in [-0.1, -0.05) is 23.5 Å². The standard InChI is InChI=1S/C23H23N5O5S/c29-13-14(30)3-1-6-19(31)33-20-11-18-21(34-20)23(28-7-9-32-10-8-28)26-22(25-18)15-4-2-5-17-16(15)12-24-27-17/h2,4-5,11-12,29H,1,3,6-10,13H2,(H,24,27). The molecule has 0 radical (unpaired) electrons. The van der Waals surface area contributed by atoms with Crippen LogP contribution in [-0.2, 0) is 14.3 Å². The van der Waals surface area contributed by atoms with Gasteiger partial charge in [-0.2, -0.15) is 5.10 Å². The molecule has 3 aromatic heterocycles. The maximum atomic E-state index is 12.3. The minimum atomic E-state index is -0.511. The molecule has 0 bridgehead atoms. The zero-order chi connectivity index (χ0) is 23.5. The van der Waals surface area contributed by atoms with Crippen LogP contribution in [0.3, 0.4) is 0 Å². The van der Waals surface area contributed by atoms with Gasteiger partial charge < -0.3 is 19.5 Å². The summed E-state index contributed by atoms with van der Waals surface area (Å²) in [6.07, 6.45) is 2.33. The molecule has 0 aliphatic carbocycles. The highest BCUT2D eigenvalue weighted by Gasteiger charge is 2.22. The lowest BCUT2D eigenvalue weighted by molar-refractivity contribution is -0.134. The molecule has 1 aromatic carbocycles. The summed E-state index contributed by atoms with van der Waals surface area (Å²) in [7, 11) is 0. The number of fused-ring (bicyclic) bond motifs is 2. The lowest BCUT2D eigenvalue weighted by Gasteiger charge is -2.28. The molecule has 34 heavy (non-hydrogen) atoms. The molecule has 1 aliphatic rings. The number of aromatic amines is 1. The first-order valence-electron chi connectivity index (χ1n) is 11.0. The average Bonchev–Trinajstić information content (AvgIpc) is 3.50. The summed E-state index contributed by atoms with van der Waals surface area (Å²) in [4.78, 5) is 35.4. The van der Waals surface area contributed by atoms with E-state index in [1.807, 2.05) is 18.2 Å². The van der Waals surface area contributed by atoms with Crippen LogP contribution < -0.4 is 9.64 Å². The summed E-state index contributed by atoms with van der Waals surface area (Å²) >= 11 is 1.32. The maximum Gasteiger partial charge on any atom is 0.311 e. The van der Waals surface area contributed by atoms with Crippen LogP contribution in [0.25, 0.3) is 32.5 Å². The Morgan fingerprint density at radius 1 is 1.21 bits per heavy atom. The Morgan fingerprint density at radius 3 is 2.88 bits per heavy atom. The molecule has 4 aromatic rings. The van der Waals surface area contributed by atoms with Crippen molar-refractivity contribution in [1.82, 2.24) is 20.2 Å². The van der Waals surface area contributed by atoms with E-state index in [1.54, 1.807) is 12.3 Å². The van der Waals surface area contributed by atoms with Crippen LogP contribution in [0.4, 0.5) is 5.82 Å². The number of aliphatic hydroxyl groups excluding tert-OH is 1. The summed E-state index contributed by atoms with van der Waals surface area (Å²) in [5, 5.41) is 17.3. The number of anilines is 1. The van der Waals surface area contributed by atoms with Crippen molar-refractivity contribution in [3.63, 3.8) is 0 Å². The highest BCUT2D eigenvalue weighted by Crippen LogP contribution is 2.39. The number of Topliss-reactive ketones (excluding diaryl/α,β-unsaturated/α-hetero) is 1. The third-order valence-electron chi connectivity index (χ3n) is 5.59. The predicted octanol–water partition coefficient (Wildman–Crippen LogP) is 2.71. The first-order chi connectivity index (χ1) is 16.6. The van der Waals surface area contributed by atoms with E-state index in [9.17, 15) is 9.59 Å². The molecule has 1 fully saturated rings. The fourth-order valence-electron chi connectivity index (χ4n) is 3.89. The van der Waals surface area contributed by atoms with Gasteiger partial charge in [0.25, 0.3) is 0 Å².